The van der Waals surface area contributed by atoms with Gasteiger partial charge in [-0.15, -0.1) is 11.3 Å². The molecule has 0 aliphatic carbocycles. The average molecular weight is 308 g/mol. The number of thioether (sulfide) groups is 1. The molecule has 0 amide bonds. The topological polar surface area (TPSA) is 41.9 Å². The number of hydrogen-bond donors (Lipinski definition) is 0. The van der Waals surface area contributed by atoms with Crippen LogP contribution in [0.3, 0.4) is 0 Å². The third kappa shape index (κ3) is 4.54. The first kappa shape index (κ1) is 15.4. The largest absolute Gasteiger partial charge is 0.302 e. The highest BCUT2D eigenvalue weighted by Gasteiger charge is 2.06. The lowest BCUT2D eigenvalue weighted by atomic mass is 10.2. The van der Waals surface area contributed by atoms with Crippen LogP contribution in [0.1, 0.15) is 23.1 Å². The summed E-state index contributed by atoms with van der Waals surface area (Å²) in [4.78, 5) is 16.7. The lowest BCUT2D eigenvalue weighted by Gasteiger charge is -2.15. The van der Waals surface area contributed by atoms with Crippen molar-refractivity contribution >= 4 is 23.1 Å². The first-order chi connectivity index (χ1) is 9.69. The molecule has 2 aromatic heterocycles. The SMILES string of the molecule is CCSc1ncc(CN(C)CCc2scnc2C)cn1. The van der Waals surface area contributed by atoms with Crippen molar-refractivity contribution in [3.8, 4) is 0 Å². The monoisotopic (exact) mass is 308 g/mol. The lowest BCUT2D eigenvalue weighted by molar-refractivity contribution is 0.330. The van der Waals surface area contributed by atoms with E-state index in [0.29, 0.717) is 0 Å². The Kier molecular flexibility index (Phi) is 5.94. The molecule has 0 bridgehead atoms. The number of nitrogens with zero attached hydrogens (tertiary/aromatic N) is 4. The smallest absolute Gasteiger partial charge is 0.187 e. The van der Waals surface area contributed by atoms with Gasteiger partial charge < -0.3 is 4.90 Å². The highest BCUT2D eigenvalue weighted by molar-refractivity contribution is 7.99. The van der Waals surface area contributed by atoms with E-state index >= 15 is 0 Å². The van der Waals surface area contributed by atoms with E-state index in [4.69, 9.17) is 0 Å². The Morgan fingerprint density at radius 2 is 2.00 bits per heavy atom. The minimum Gasteiger partial charge on any atom is -0.302 e. The van der Waals surface area contributed by atoms with Crippen molar-refractivity contribution in [2.45, 2.75) is 32.0 Å². The number of rotatable bonds is 7. The fraction of sp³-hybridized carbons (Fsp3) is 0.500. The van der Waals surface area contributed by atoms with Gasteiger partial charge in [0.1, 0.15) is 0 Å². The zero-order chi connectivity index (χ0) is 14.4. The predicted octanol–water partition coefficient (Wildman–Crippen LogP) is 3.03. The quantitative estimate of drug-likeness (QED) is 0.581. The molecule has 20 heavy (non-hydrogen) atoms. The maximum Gasteiger partial charge on any atom is 0.187 e. The number of hydrogen-bond acceptors (Lipinski definition) is 6. The molecular formula is C14H20N4S2. The van der Waals surface area contributed by atoms with E-state index in [1.165, 1.54) is 4.88 Å². The van der Waals surface area contributed by atoms with Gasteiger partial charge in [0, 0.05) is 35.9 Å². The van der Waals surface area contributed by atoms with Crippen LogP contribution in [0, 0.1) is 6.92 Å². The molecule has 0 unspecified atom stereocenters. The van der Waals surface area contributed by atoms with Crippen molar-refractivity contribution in [1.29, 1.82) is 0 Å². The third-order valence-corrected chi connectivity index (χ3v) is 4.73. The highest BCUT2D eigenvalue weighted by atomic mass is 32.2. The summed E-state index contributed by atoms with van der Waals surface area (Å²) in [6.07, 6.45) is 4.91. The second-order valence-corrected chi connectivity index (χ2v) is 6.83. The number of aryl methyl sites for hydroxylation is 1. The van der Waals surface area contributed by atoms with Gasteiger partial charge in [-0.1, -0.05) is 18.7 Å². The minimum absolute atomic E-state index is 0.860. The van der Waals surface area contributed by atoms with Crippen molar-refractivity contribution in [3.63, 3.8) is 0 Å². The van der Waals surface area contributed by atoms with Crippen LogP contribution in [0.4, 0.5) is 0 Å². The summed E-state index contributed by atoms with van der Waals surface area (Å²) in [6.45, 7) is 6.09. The van der Waals surface area contributed by atoms with Gasteiger partial charge in [0.05, 0.1) is 11.2 Å². The summed E-state index contributed by atoms with van der Waals surface area (Å²) in [6, 6.07) is 0. The molecule has 4 nitrogen and oxygen atoms in total. The molecule has 6 heteroatoms. The Bertz CT molecular complexity index is 524. The molecule has 0 fully saturated rings. The molecular weight excluding hydrogens is 288 g/mol. The van der Waals surface area contributed by atoms with Crippen LogP contribution in [0.15, 0.2) is 23.1 Å². The maximum absolute atomic E-state index is 4.36. The Labute approximate surface area is 128 Å². The fourth-order valence-corrected chi connectivity index (χ4v) is 3.16. The van der Waals surface area contributed by atoms with Crippen LogP contribution in [0.5, 0.6) is 0 Å². The molecule has 2 rings (SSSR count). The van der Waals surface area contributed by atoms with Gasteiger partial charge in [0.2, 0.25) is 0 Å². The van der Waals surface area contributed by atoms with Crippen LogP contribution >= 0.6 is 23.1 Å². The van der Waals surface area contributed by atoms with Crippen molar-refractivity contribution < 1.29 is 0 Å². The lowest BCUT2D eigenvalue weighted by Crippen LogP contribution is -2.20. The van der Waals surface area contributed by atoms with E-state index in [1.54, 1.807) is 23.1 Å². The minimum atomic E-state index is 0.860. The molecule has 0 aliphatic heterocycles. The zero-order valence-electron chi connectivity index (χ0n) is 12.2. The van der Waals surface area contributed by atoms with Crippen LogP contribution < -0.4 is 0 Å². The van der Waals surface area contributed by atoms with Gasteiger partial charge in [-0.2, -0.15) is 0 Å². The molecule has 0 spiro atoms. The molecule has 2 aromatic rings. The molecule has 0 saturated heterocycles. The molecule has 0 aliphatic rings. The Balaban J connectivity index is 1.81. The van der Waals surface area contributed by atoms with Gasteiger partial charge in [0.15, 0.2) is 5.16 Å². The van der Waals surface area contributed by atoms with E-state index in [9.17, 15) is 0 Å². The Morgan fingerprint density at radius 1 is 1.25 bits per heavy atom. The van der Waals surface area contributed by atoms with E-state index < -0.39 is 0 Å². The predicted molar refractivity (Wildman–Crippen MR) is 85.3 cm³/mol. The number of aromatic nitrogens is 3. The van der Waals surface area contributed by atoms with Gasteiger partial charge in [0.25, 0.3) is 0 Å². The second kappa shape index (κ2) is 7.71. The van der Waals surface area contributed by atoms with Crippen LogP contribution in [-0.4, -0.2) is 39.2 Å². The van der Waals surface area contributed by atoms with Gasteiger partial charge in [-0.3, -0.25) is 0 Å². The Morgan fingerprint density at radius 3 is 2.60 bits per heavy atom. The zero-order valence-corrected chi connectivity index (χ0v) is 13.8. The summed E-state index contributed by atoms with van der Waals surface area (Å²) >= 11 is 3.41. The van der Waals surface area contributed by atoms with Crippen molar-refractivity contribution in [2.75, 3.05) is 19.3 Å². The van der Waals surface area contributed by atoms with E-state index in [1.807, 2.05) is 17.9 Å². The number of likely N-dealkylation sites (N-methyl/N-ethyl adjacent to an activating group) is 1. The molecule has 2 heterocycles. The molecule has 0 saturated carbocycles. The van der Waals surface area contributed by atoms with Gasteiger partial charge in [-0.05, 0) is 26.1 Å². The summed E-state index contributed by atoms with van der Waals surface area (Å²) in [5.74, 6) is 1.01. The van der Waals surface area contributed by atoms with E-state index in [-0.39, 0.29) is 0 Å². The van der Waals surface area contributed by atoms with Crippen molar-refractivity contribution in [3.05, 3.63) is 34.0 Å². The second-order valence-electron chi connectivity index (χ2n) is 4.66. The third-order valence-electron chi connectivity index (χ3n) is 2.97. The summed E-state index contributed by atoms with van der Waals surface area (Å²) < 4.78 is 0. The average Bonchev–Trinajstić information content (AvgIpc) is 2.84. The first-order valence-electron chi connectivity index (χ1n) is 6.70. The highest BCUT2D eigenvalue weighted by Crippen LogP contribution is 2.14. The molecule has 0 aromatic carbocycles. The van der Waals surface area contributed by atoms with Crippen molar-refractivity contribution in [2.24, 2.45) is 0 Å². The van der Waals surface area contributed by atoms with E-state index in [0.717, 1.165) is 41.7 Å². The van der Waals surface area contributed by atoms with Crippen LogP contribution in [0.2, 0.25) is 0 Å². The molecule has 108 valence electrons. The normalized spacial score (nSPS) is 11.2. The fourth-order valence-electron chi connectivity index (χ4n) is 1.88. The summed E-state index contributed by atoms with van der Waals surface area (Å²) in [7, 11) is 2.13. The standard InChI is InChI=1S/C14H20N4S2/c1-4-19-14-15-7-12(8-16-14)9-18(3)6-5-13-11(2)17-10-20-13/h7-8,10H,4-6,9H2,1-3H3. The van der Waals surface area contributed by atoms with Gasteiger partial charge >= 0.3 is 0 Å². The molecule has 0 radical (unpaired) electrons. The molecule has 0 atom stereocenters. The first-order valence-corrected chi connectivity index (χ1v) is 8.56. The maximum atomic E-state index is 4.36. The van der Waals surface area contributed by atoms with Crippen LogP contribution in [-0.2, 0) is 13.0 Å². The van der Waals surface area contributed by atoms with Crippen molar-refractivity contribution in [1.82, 2.24) is 19.9 Å². The Hall–Kier alpha value is -0.980. The summed E-state index contributed by atoms with van der Waals surface area (Å²) in [5.41, 5.74) is 4.24. The summed E-state index contributed by atoms with van der Waals surface area (Å²) in [5, 5.41) is 0.860. The van der Waals surface area contributed by atoms with Crippen LogP contribution in [0.25, 0.3) is 0 Å². The molecule has 0 N–H and O–H groups in total. The van der Waals surface area contributed by atoms with E-state index in [2.05, 4.69) is 40.7 Å². The van der Waals surface area contributed by atoms with Gasteiger partial charge in [-0.25, -0.2) is 15.0 Å². The number of thiazole rings is 1.